The van der Waals surface area contributed by atoms with E-state index in [1.807, 2.05) is 0 Å². The molecule has 1 aromatic heterocycles. The van der Waals surface area contributed by atoms with Crippen LogP contribution in [0.4, 0.5) is 5.95 Å². The Kier molecular flexibility index (Phi) is 3.53. The molecule has 0 aliphatic rings. The van der Waals surface area contributed by atoms with Crippen molar-refractivity contribution in [3.63, 3.8) is 0 Å². The minimum Gasteiger partial charge on any atom is -0.389 e. The molecule has 0 fully saturated rings. The van der Waals surface area contributed by atoms with Crippen LogP contribution in [-0.2, 0) is 11.3 Å². The first kappa shape index (κ1) is 9.82. The fraction of sp³-hybridized carbons (Fsp3) is 0.571. The van der Waals surface area contributed by atoms with Crippen LogP contribution in [0, 0.1) is 4.91 Å². The highest BCUT2D eigenvalue weighted by molar-refractivity contribution is 5.15. The zero-order chi connectivity index (χ0) is 9.68. The summed E-state index contributed by atoms with van der Waals surface area (Å²) < 4.78 is 6.20. The molecule has 1 heterocycles. The second kappa shape index (κ2) is 4.68. The summed E-state index contributed by atoms with van der Waals surface area (Å²) in [4.78, 5) is 13.9. The first-order chi connectivity index (χ1) is 6.27. The highest BCUT2D eigenvalue weighted by Gasteiger charge is 2.08. The van der Waals surface area contributed by atoms with Crippen LogP contribution in [0.25, 0.3) is 0 Å². The van der Waals surface area contributed by atoms with Gasteiger partial charge in [-0.25, -0.2) is 4.98 Å². The zero-order valence-corrected chi connectivity index (χ0v) is 7.25. The fourth-order valence-electron chi connectivity index (χ4n) is 1.01. The van der Waals surface area contributed by atoms with Gasteiger partial charge in [0.05, 0.1) is 19.3 Å². The summed E-state index contributed by atoms with van der Waals surface area (Å²) >= 11 is 0. The SMILES string of the molecule is COCC(O)Cn1ccnc1N=O. The van der Waals surface area contributed by atoms with Crippen molar-refractivity contribution in [2.45, 2.75) is 12.6 Å². The van der Waals surface area contributed by atoms with Crippen LogP contribution in [0.2, 0.25) is 0 Å². The molecule has 0 aliphatic carbocycles. The number of hydrogen-bond acceptors (Lipinski definition) is 5. The zero-order valence-electron chi connectivity index (χ0n) is 7.25. The van der Waals surface area contributed by atoms with E-state index in [4.69, 9.17) is 4.74 Å². The van der Waals surface area contributed by atoms with E-state index in [9.17, 15) is 10.0 Å². The molecule has 6 heteroatoms. The van der Waals surface area contributed by atoms with Crippen molar-refractivity contribution in [2.24, 2.45) is 5.18 Å². The normalized spacial score (nSPS) is 12.8. The molecule has 6 nitrogen and oxygen atoms in total. The van der Waals surface area contributed by atoms with Crippen LogP contribution in [0.3, 0.4) is 0 Å². The Balaban J connectivity index is 2.57. The molecular formula is C7H11N3O3. The third kappa shape index (κ3) is 2.60. The van der Waals surface area contributed by atoms with Crippen molar-refractivity contribution in [1.82, 2.24) is 9.55 Å². The molecular weight excluding hydrogens is 174 g/mol. The Morgan fingerprint density at radius 2 is 2.62 bits per heavy atom. The highest BCUT2D eigenvalue weighted by atomic mass is 16.5. The summed E-state index contributed by atoms with van der Waals surface area (Å²) in [5, 5.41) is 12.0. The number of hydrogen-bond donors (Lipinski definition) is 1. The molecule has 0 spiro atoms. The smallest absolute Gasteiger partial charge is 0.271 e. The molecule has 0 saturated carbocycles. The van der Waals surface area contributed by atoms with E-state index in [0.717, 1.165) is 0 Å². The summed E-state index contributed by atoms with van der Waals surface area (Å²) in [5.41, 5.74) is 0. The first-order valence-electron chi connectivity index (χ1n) is 3.79. The topological polar surface area (TPSA) is 76.7 Å². The Morgan fingerprint density at radius 1 is 1.85 bits per heavy atom. The molecule has 1 unspecified atom stereocenters. The Morgan fingerprint density at radius 3 is 3.23 bits per heavy atom. The van der Waals surface area contributed by atoms with Crippen LogP contribution in [0.1, 0.15) is 0 Å². The largest absolute Gasteiger partial charge is 0.389 e. The summed E-state index contributed by atoms with van der Waals surface area (Å²) in [7, 11) is 1.50. The molecule has 0 radical (unpaired) electrons. The molecule has 0 aromatic carbocycles. The lowest BCUT2D eigenvalue weighted by molar-refractivity contribution is 0.0539. The second-order valence-corrected chi connectivity index (χ2v) is 2.58. The molecule has 1 rings (SSSR count). The predicted octanol–water partition coefficient (Wildman–Crippen LogP) is 0.288. The van der Waals surface area contributed by atoms with Gasteiger partial charge in [-0.3, -0.25) is 0 Å². The van der Waals surface area contributed by atoms with Gasteiger partial charge in [0.25, 0.3) is 5.95 Å². The molecule has 1 N–H and O–H groups in total. The Labute approximate surface area is 75.1 Å². The van der Waals surface area contributed by atoms with E-state index in [1.54, 1.807) is 6.20 Å². The number of aliphatic hydroxyl groups excluding tert-OH is 1. The van der Waals surface area contributed by atoms with E-state index in [-0.39, 0.29) is 19.1 Å². The van der Waals surface area contributed by atoms with Gasteiger partial charge in [0.15, 0.2) is 0 Å². The Hall–Kier alpha value is -1.27. The van der Waals surface area contributed by atoms with E-state index in [1.165, 1.54) is 17.9 Å². The van der Waals surface area contributed by atoms with Crippen LogP contribution >= 0.6 is 0 Å². The van der Waals surface area contributed by atoms with E-state index < -0.39 is 6.10 Å². The van der Waals surface area contributed by atoms with Crippen molar-refractivity contribution < 1.29 is 9.84 Å². The standard InChI is InChI=1S/C7H11N3O3/c1-13-5-6(11)4-10-3-2-8-7(10)9-12/h2-3,6,11H,4-5H2,1H3. The van der Waals surface area contributed by atoms with Crippen LogP contribution in [0.5, 0.6) is 0 Å². The van der Waals surface area contributed by atoms with Gasteiger partial charge >= 0.3 is 0 Å². The van der Waals surface area contributed by atoms with Gasteiger partial charge in [0, 0.05) is 24.7 Å². The summed E-state index contributed by atoms with van der Waals surface area (Å²) in [6, 6.07) is 0. The van der Waals surface area contributed by atoms with Gasteiger partial charge in [-0.2, -0.15) is 0 Å². The molecule has 0 bridgehead atoms. The van der Waals surface area contributed by atoms with Gasteiger partial charge in [0.2, 0.25) is 0 Å². The Bertz CT molecular complexity index is 274. The van der Waals surface area contributed by atoms with Crippen LogP contribution < -0.4 is 0 Å². The van der Waals surface area contributed by atoms with Gasteiger partial charge in [0.1, 0.15) is 0 Å². The number of aliphatic hydroxyl groups is 1. The molecule has 0 aliphatic heterocycles. The number of nitroso groups, excluding NO2 is 1. The maximum absolute atomic E-state index is 10.2. The van der Waals surface area contributed by atoms with Gasteiger partial charge in [-0.15, -0.1) is 4.91 Å². The second-order valence-electron chi connectivity index (χ2n) is 2.58. The number of imidazole rings is 1. The molecule has 13 heavy (non-hydrogen) atoms. The van der Waals surface area contributed by atoms with E-state index >= 15 is 0 Å². The average Bonchev–Trinajstić information content (AvgIpc) is 2.52. The van der Waals surface area contributed by atoms with Crippen molar-refractivity contribution in [1.29, 1.82) is 0 Å². The summed E-state index contributed by atoms with van der Waals surface area (Å²) in [5.74, 6) is 0.0650. The lowest BCUT2D eigenvalue weighted by Crippen LogP contribution is -2.20. The lowest BCUT2D eigenvalue weighted by Gasteiger charge is -2.09. The number of methoxy groups -OCH3 is 1. The third-order valence-electron chi connectivity index (χ3n) is 1.54. The minimum atomic E-state index is -0.653. The van der Waals surface area contributed by atoms with Gasteiger partial charge in [-0.1, -0.05) is 0 Å². The van der Waals surface area contributed by atoms with Crippen LogP contribution in [0.15, 0.2) is 17.6 Å². The number of aromatic nitrogens is 2. The lowest BCUT2D eigenvalue weighted by atomic mass is 10.4. The summed E-state index contributed by atoms with van der Waals surface area (Å²) in [6.45, 7) is 0.478. The number of nitrogens with zero attached hydrogens (tertiary/aromatic N) is 3. The molecule has 0 amide bonds. The molecule has 0 saturated heterocycles. The van der Waals surface area contributed by atoms with Gasteiger partial charge < -0.3 is 14.4 Å². The fourth-order valence-corrected chi connectivity index (χ4v) is 1.01. The minimum absolute atomic E-state index is 0.0650. The van der Waals surface area contributed by atoms with E-state index in [2.05, 4.69) is 10.2 Å². The van der Waals surface area contributed by atoms with Gasteiger partial charge in [-0.05, 0) is 0 Å². The van der Waals surface area contributed by atoms with Crippen LogP contribution in [-0.4, -0.2) is 34.5 Å². The monoisotopic (exact) mass is 185 g/mol. The molecule has 1 atom stereocenters. The maximum atomic E-state index is 10.2. The average molecular weight is 185 g/mol. The number of rotatable bonds is 5. The van der Waals surface area contributed by atoms with Crippen molar-refractivity contribution >= 4 is 5.95 Å². The first-order valence-corrected chi connectivity index (χ1v) is 3.79. The van der Waals surface area contributed by atoms with Crippen molar-refractivity contribution in [3.8, 4) is 0 Å². The highest BCUT2D eigenvalue weighted by Crippen LogP contribution is 2.08. The number of ether oxygens (including phenoxy) is 1. The quantitative estimate of drug-likeness (QED) is 0.669. The third-order valence-corrected chi connectivity index (χ3v) is 1.54. The maximum Gasteiger partial charge on any atom is 0.271 e. The van der Waals surface area contributed by atoms with Crippen molar-refractivity contribution in [3.05, 3.63) is 17.3 Å². The summed E-state index contributed by atoms with van der Waals surface area (Å²) in [6.07, 6.45) is 2.38. The molecule has 1 aromatic rings. The molecule has 72 valence electrons. The predicted molar refractivity (Wildman–Crippen MR) is 45.6 cm³/mol. The van der Waals surface area contributed by atoms with Crippen molar-refractivity contribution in [2.75, 3.05) is 13.7 Å². The van der Waals surface area contributed by atoms with E-state index in [0.29, 0.717) is 0 Å².